The molecule has 6 nitrogen and oxygen atoms in total. The summed E-state index contributed by atoms with van der Waals surface area (Å²) in [6, 6.07) is 5.16. The molecule has 1 aromatic heterocycles. The fraction of sp³-hybridized carbons (Fsp3) is 0.655. The second kappa shape index (κ2) is 10.8. The lowest BCUT2D eigenvalue weighted by Gasteiger charge is -2.42. The highest BCUT2D eigenvalue weighted by Crippen LogP contribution is 2.46. The molecule has 202 valence electrons. The third kappa shape index (κ3) is 6.06. The molecule has 3 fully saturated rings. The summed E-state index contributed by atoms with van der Waals surface area (Å²) < 4.78 is 38.3. The SMILES string of the molecule is CC(C)N1CCC(O[C@H]2CCCC(F)(F)[C@@H]2NC(=O)Cc2cccc(-c3cnn(C)c3)c2C2CC2)CC1. The topological polar surface area (TPSA) is 59.4 Å². The molecule has 37 heavy (non-hydrogen) atoms. The quantitative estimate of drug-likeness (QED) is 0.535. The number of carbonyl (C=O) groups excluding carboxylic acids is 1. The number of alkyl halides is 2. The predicted molar refractivity (Wildman–Crippen MR) is 140 cm³/mol. The number of carbonyl (C=O) groups is 1. The molecule has 0 unspecified atom stereocenters. The number of piperidine rings is 1. The normalized spacial score (nSPS) is 24.9. The number of benzene rings is 1. The molecule has 1 aromatic carbocycles. The number of hydrogen-bond donors (Lipinski definition) is 1. The minimum Gasteiger partial charge on any atom is -0.373 e. The van der Waals surface area contributed by atoms with Gasteiger partial charge in [-0.2, -0.15) is 5.10 Å². The number of ether oxygens (including phenoxy) is 1. The zero-order chi connectivity index (χ0) is 26.2. The average Bonchev–Trinajstić information content (AvgIpc) is 3.60. The number of halogens is 2. The number of likely N-dealkylation sites (tertiary alicyclic amines) is 1. The van der Waals surface area contributed by atoms with Gasteiger partial charge in [-0.1, -0.05) is 18.2 Å². The molecule has 2 aliphatic carbocycles. The lowest BCUT2D eigenvalue weighted by Crippen LogP contribution is -2.58. The molecule has 2 aromatic rings. The number of amides is 1. The van der Waals surface area contributed by atoms with Gasteiger partial charge in [-0.25, -0.2) is 8.78 Å². The smallest absolute Gasteiger partial charge is 0.270 e. The molecule has 0 bridgehead atoms. The maximum Gasteiger partial charge on any atom is 0.270 e. The Balaban J connectivity index is 1.29. The third-order valence-electron chi connectivity index (χ3n) is 8.27. The van der Waals surface area contributed by atoms with E-state index in [0.717, 1.165) is 61.0 Å². The van der Waals surface area contributed by atoms with Crippen molar-refractivity contribution < 1.29 is 18.3 Å². The van der Waals surface area contributed by atoms with E-state index in [9.17, 15) is 4.79 Å². The van der Waals surface area contributed by atoms with Crippen molar-refractivity contribution in [1.29, 1.82) is 0 Å². The predicted octanol–water partition coefficient (Wildman–Crippen LogP) is 5.07. The van der Waals surface area contributed by atoms with Crippen LogP contribution in [0.5, 0.6) is 0 Å². The Morgan fingerprint density at radius 1 is 1.19 bits per heavy atom. The molecule has 5 rings (SSSR count). The molecule has 1 aliphatic heterocycles. The van der Waals surface area contributed by atoms with Gasteiger partial charge in [0.05, 0.1) is 24.8 Å². The zero-order valence-electron chi connectivity index (χ0n) is 22.3. The van der Waals surface area contributed by atoms with Crippen molar-refractivity contribution in [3.05, 3.63) is 41.7 Å². The molecule has 0 spiro atoms. The van der Waals surface area contributed by atoms with Crippen molar-refractivity contribution >= 4 is 5.91 Å². The van der Waals surface area contributed by atoms with Crippen LogP contribution in [-0.2, 0) is 23.0 Å². The number of nitrogens with zero attached hydrogens (tertiary/aromatic N) is 3. The fourth-order valence-electron chi connectivity index (χ4n) is 6.08. The Labute approximate surface area is 218 Å². The summed E-state index contributed by atoms with van der Waals surface area (Å²) in [6.45, 7) is 6.18. The van der Waals surface area contributed by atoms with Crippen LogP contribution in [-0.4, -0.2) is 63.9 Å². The Kier molecular flexibility index (Phi) is 7.68. The molecular weight excluding hydrogens is 474 g/mol. The van der Waals surface area contributed by atoms with Gasteiger partial charge in [-0.15, -0.1) is 0 Å². The van der Waals surface area contributed by atoms with Crippen LogP contribution in [0.3, 0.4) is 0 Å². The maximum absolute atomic E-state index is 15.1. The fourth-order valence-corrected chi connectivity index (χ4v) is 6.08. The van der Waals surface area contributed by atoms with Crippen molar-refractivity contribution in [1.82, 2.24) is 20.0 Å². The van der Waals surface area contributed by atoms with Crippen LogP contribution in [0, 0.1) is 0 Å². The molecule has 3 aliphatic rings. The van der Waals surface area contributed by atoms with E-state index in [1.54, 1.807) is 4.68 Å². The van der Waals surface area contributed by atoms with Gasteiger partial charge in [-0.3, -0.25) is 9.48 Å². The van der Waals surface area contributed by atoms with E-state index in [1.165, 1.54) is 0 Å². The van der Waals surface area contributed by atoms with Gasteiger partial charge in [0.15, 0.2) is 0 Å². The minimum atomic E-state index is -2.98. The van der Waals surface area contributed by atoms with Gasteiger partial charge in [0.2, 0.25) is 5.91 Å². The number of aromatic nitrogens is 2. The molecule has 2 atom stereocenters. The van der Waals surface area contributed by atoms with Crippen LogP contribution in [0.25, 0.3) is 11.1 Å². The van der Waals surface area contributed by atoms with Crippen LogP contribution in [0.15, 0.2) is 30.6 Å². The van der Waals surface area contributed by atoms with Crippen LogP contribution < -0.4 is 5.32 Å². The minimum absolute atomic E-state index is 0.0362. The summed E-state index contributed by atoms with van der Waals surface area (Å²) in [4.78, 5) is 15.6. The number of nitrogens with one attached hydrogen (secondary N) is 1. The van der Waals surface area contributed by atoms with E-state index < -0.39 is 18.1 Å². The largest absolute Gasteiger partial charge is 0.373 e. The summed E-state index contributed by atoms with van der Waals surface area (Å²) in [5.41, 5.74) is 4.17. The van der Waals surface area contributed by atoms with Gasteiger partial charge < -0.3 is 15.0 Å². The zero-order valence-corrected chi connectivity index (χ0v) is 22.3. The lowest BCUT2D eigenvalue weighted by atomic mass is 9.87. The third-order valence-corrected chi connectivity index (χ3v) is 8.27. The first-order valence-electron chi connectivity index (χ1n) is 13.9. The van der Waals surface area contributed by atoms with E-state index in [2.05, 4.69) is 35.2 Å². The molecule has 2 heterocycles. The Hall–Kier alpha value is -2.32. The average molecular weight is 515 g/mol. The first kappa shape index (κ1) is 26.3. The maximum atomic E-state index is 15.1. The van der Waals surface area contributed by atoms with Crippen molar-refractivity contribution in [2.24, 2.45) is 7.05 Å². The first-order valence-corrected chi connectivity index (χ1v) is 13.9. The van der Waals surface area contributed by atoms with Crippen LogP contribution >= 0.6 is 0 Å². The summed E-state index contributed by atoms with van der Waals surface area (Å²) in [5, 5.41) is 7.04. The molecular formula is C29H40F2N4O2. The summed E-state index contributed by atoms with van der Waals surface area (Å²) in [5.74, 6) is -2.93. The van der Waals surface area contributed by atoms with Gasteiger partial charge in [0.25, 0.3) is 5.92 Å². The molecule has 0 radical (unpaired) electrons. The standard InChI is InChI=1S/C29H40F2N4O2/c1-19(2)35-14-11-23(12-15-35)37-25-8-5-13-29(30,31)28(25)33-26(36)16-21-6-4-7-24(27(21)20-9-10-20)22-17-32-34(3)18-22/h4,6-7,17-20,23,25,28H,5,8-16H2,1-3H3,(H,33,36)/t25-,28+/m0/s1. The van der Waals surface area contributed by atoms with Crippen molar-refractivity contribution in [2.45, 2.75) is 101 Å². The monoisotopic (exact) mass is 514 g/mol. The van der Waals surface area contributed by atoms with Crippen molar-refractivity contribution in [2.75, 3.05) is 13.1 Å². The highest BCUT2D eigenvalue weighted by molar-refractivity contribution is 5.81. The number of rotatable bonds is 8. The van der Waals surface area contributed by atoms with Gasteiger partial charge in [0, 0.05) is 44.4 Å². The summed E-state index contributed by atoms with van der Waals surface area (Å²) in [6.07, 6.45) is 7.79. The van der Waals surface area contributed by atoms with Crippen LogP contribution in [0.4, 0.5) is 8.78 Å². The molecule has 2 saturated carbocycles. The Morgan fingerprint density at radius 2 is 1.95 bits per heavy atom. The second-order valence-corrected chi connectivity index (χ2v) is 11.4. The molecule has 1 N–H and O–H groups in total. The molecule has 8 heteroatoms. The highest BCUT2D eigenvalue weighted by Gasteiger charge is 2.49. The van der Waals surface area contributed by atoms with Crippen molar-refractivity contribution in [3.8, 4) is 11.1 Å². The van der Waals surface area contributed by atoms with Crippen LogP contribution in [0.2, 0.25) is 0 Å². The highest BCUT2D eigenvalue weighted by atomic mass is 19.3. The van der Waals surface area contributed by atoms with Gasteiger partial charge >= 0.3 is 0 Å². The summed E-state index contributed by atoms with van der Waals surface area (Å²) in [7, 11) is 1.88. The number of hydrogen-bond acceptors (Lipinski definition) is 4. The number of aryl methyl sites for hydroxylation is 1. The molecule has 1 amide bonds. The van der Waals surface area contributed by atoms with E-state index in [0.29, 0.717) is 24.8 Å². The van der Waals surface area contributed by atoms with E-state index in [-0.39, 0.29) is 24.9 Å². The van der Waals surface area contributed by atoms with E-state index >= 15 is 8.78 Å². The lowest BCUT2D eigenvalue weighted by molar-refractivity contribution is -0.157. The van der Waals surface area contributed by atoms with E-state index in [1.807, 2.05) is 31.6 Å². The van der Waals surface area contributed by atoms with Gasteiger partial charge in [0.1, 0.15) is 6.04 Å². The van der Waals surface area contributed by atoms with E-state index in [4.69, 9.17) is 4.74 Å². The Morgan fingerprint density at radius 3 is 2.59 bits per heavy atom. The Bertz CT molecular complexity index is 1090. The van der Waals surface area contributed by atoms with Gasteiger partial charge in [-0.05, 0) is 75.0 Å². The first-order chi connectivity index (χ1) is 17.7. The van der Waals surface area contributed by atoms with Crippen molar-refractivity contribution in [3.63, 3.8) is 0 Å². The van der Waals surface area contributed by atoms with Crippen LogP contribution in [0.1, 0.15) is 75.8 Å². The second-order valence-electron chi connectivity index (χ2n) is 11.4. The summed E-state index contributed by atoms with van der Waals surface area (Å²) >= 11 is 0. The molecule has 1 saturated heterocycles.